The van der Waals surface area contributed by atoms with Crippen molar-refractivity contribution in [3.63, 3.8) is 0 Å². The van der Waals surface area contributed by atoms with E-state index in [-0.39, 0.29) is 18.2 Å². The van der Waals surface area contributed by atoms with Gasteiger partial charge in [0.25, 0.3) is 0 Å². The predicted octanol–water partition coefficient (Wildman–Crippen LogP) is 4.25. The maximum atomic E-state index is 14.3. The summed E-state index contributed by atoms with van der Waals surface area (Å²) >= 11 is 1.70. The number of benzene rings is 1. The molecule has 7 heteroatoms. The molecular formula is C20H27ClFN3OS. The lowest BCUT2D eigenvalue weighted by Gasteiger charge is -2.29. The van der Waals surface area contributed by atoms with Crippen molar-refractivity contribution in [2.45, 2.75) is 45.3 Å². The van der Waals surface area contributed by atoms with Gasteiger partial charge in [-0.2, -0.15) is 0 Å². The number of piperidine rings is 1. The van der Waals surface area contributed by atoms with Crippen LogP contribution in [0.15, 0.2) is 29.8 Å². The Hall–Kier alpha value is -1.21. The van der Waals surface area contributed by atoms with Crippen molar-refractivity contribution < 1.29 is 9.13 Å². The zero-order valence-corrected chi connectivity index (χ0v) is 17.3. The molecule has 1 aliphatic heterocycles. The lowest BCUT2D eigenvalue weighted by atomic mass is 9.93. The van der Waals surface area contributed by atoms with Crippen molar-refractivity contribution in [3.05, 3.63) is 46.2 Å². The molecule has 148 valence electrons. The topological polar surface area (TPSA) is 37.4 Å². The molecule has 2 heterocycles. The first-order valence-electron chi connectivity index (χ1n) is 9.44. The standard InChI is InChI=1S/C20H26FN3OS.ClH/c1-2-25-17-4-3-15(11-16(17)21)13-24(14-19-23-9-10-26-19)18-12-20(18)5-7-22-8-6-20;/h3-4,9-11,18,22H,2,5-8,12-14H2,1H3;1H. The Kier molecular flexibility index (Phi) is 6.74. The van der Waals surface area contributed by atoms with E-state index in [9.17, 15) is 4.39 Å². The van der Waals surface area contributed by atoms with E-state index in [0.717, 1.165) is 36.8 Å². The smallest absolute Gasteiger partial charge is 0.165 e. The van der Waals surface area contributed by atoms with Crippen molar-refractivity contribution in [3.8, 4) is 5.75 Å². The van der Waals surface area contributed by atoms with Crippen LogP contribution in [0.5, 0.6) is 5.75 Å². The molecule has 0 amide bonds. The first-order chi connectivity index (χ1) is 12.7. The maximum absolute atomic E-state index is 14.3. The van der Waals surface area contributed by atoms with Crippen molar-refractivity contribution in [2.75, 3.05) is 19.7 Å². The van der Waals surface area contributed by atoms with E-state index in [1.807, 2.05) is 24.6 Å². The summed E-state index contributed by atoms with van der Waals surface area (Å²) in [4.78, 5) is 6.97. The molecule has 1 aromatic carbocycles. The molecule has 0 radical (unpaired) electrons. The highest BCUT2D eigenvalue weighted by atomic mass is 35.5. The molecular weight excluding hydrogens is 385 g/mol. The first kappa shape index (κ1) is 20.5. The van der Waals surface area contributed by atoms with Crippen molar-refractivity contribution in [2.24, 2.45) is 5.41 Å². The summed E-state index contributed by atoms with van der Waals surface area (Å²) in [5, 5.41) is 6.63. The molecule has 1 saturated carbocycles. The molecule has 0 bridgehead atoms. The fourth-order valence-electron chi connectivity index (χ4n) is 4.24. The molecule has 2 fully saturated rings. The van der Waals surface area contributed by atoms with E-state index in [0.29, 0.717) is 23.8 Å². The van der Waals surface area contributed by atoms with Crippen LogP contribution in [0.4, 0.5) is 4.39 Å². The number of aromatic nitrogens is 1. The van der Waals surface area contributed by atoms with Crippen LogP contribution in [0.3, 0.4) is 0 Å². The van der Waals surface area contributed by atoms with Crippen LogP contribution in [0, 0.1) is 11.2 Å². The van der Waals surface area contributed by atoms with Gasteiger partial charge in [-0.05, 0) is 62.4 Å². The zero-order chi connectivity index (χ0) is 18.0. The Morgan fingerprint density at radius 2 is 2.15 bits per heavy atom. The number of nitrogens with zero attached hydrogens (tertiary/aromatic N) is 2. The Balaban J connectivity index is 0.00000210. The number of hydrogen-bond donors (Lipinski definition) is 1. The van der Waals surface area contributed by atoms with Gasteiger partial charge in [-0.3, -0.25) is 4.90 Å². The van der Waals surface area contributed by atoms with Crippen molar-refractivity contribution in [1.29, 1.82) is 0 Å². The van der Waals surface area contributed by atoms with Crippen LogP contribution in [0.25, 0.3) is 0 Å². The molecule has 4 nitrogen and oxygen atoms in total. The normalized spacial score (nSPS) is 20.5. The average Bonchev–Trinajstić information content (AvgIpc) is 3.07. The van der Waals surface area contributed by atoms with Crippen molar-refractivity contribution >= 4 is 23.7 Å². The second-order valence-electron chi connectivity index (χ2n) is 7.36. The molecule has 1 atom stereocenters. The summed E-state index contributed by atoms with van der Waals surface area (Å²) in [5.41, 5.74) is 1.45. The van der Waals surface area contributed by atoms with Crippen LogP contribution in [-0.4, -0.2) is 35.6 Å². The molecule has 27 heavy (non-hydrogen) atoms. The van der Waals surface area contributed by atoms with Crippen LogP contribution in [0.2, 0.25) is 0 Å². The number of nitrogens with one attached hydrogen (secondary N) is 1. The van der Waals surface area contributed by atoms with E-state index in [1.165, 1.54) is 19.3 Å². The molecule has 2 aliphatic rings. The third kappa shape index (κ3) is 4.62. The van der Waals surface area contributed by atoms with Crippen LogP contribution in [0.1, 0.15) is 36.8 Å². The minimum atomic E-state index is -0.272. The summed E-state index contributed by atoms with van der Waals surface area (Å²) in [6.45, 7) is 6.16. The van der Waals surface area contributed by atoms with Gasteiger partial charge < -0.3 is 10.1 Å². The van der Waals surface area contributed by atoms with E-state index < -0.39 is 0 Å². The third-order valence-corrected chi connectivity index (χ3v) is 6.45. The van der Waals surface area contributed by atoms with Crippen molar-refractivity contribution in [1.82, 2.24) is 15.2 Å². The van der Waals surface area contributed by atoms with E-state index in [4.69, 9.17) is 4.74 Å². The van der Waals surface area contributed by atoms with E-state index in [2.05, 4.69) is 15.2 Å². The van der Waals surface area contributed by atoms with Crippen LogP contribution < -0.4 is 10.1 Å². The van der Waals surface area contributed by atoms with Gasteiger partial charge in [0.1, 0.15) is 5.01 Å². The molecule has 2 aromatic rings. The predicted molar refractivity (Wildman–Crippen MR) is 109 cm³/mol. The van der Waals surface area contributed by atoms with E-state index in [1.54, 1.807) is 23.5 Å². The second kappa shape index (κ2) is 8.86. The summed E-state index contributed by atoms with van der Waals surface area (Å²) in [6, 6.07) is 5.93. The Bertz CT molecular complexity index is 737. The minimum Gasteiger partial charge on any atom is -0.491 e. The van der Waals surface area contributed by atoms with Gasteiger partial charge in [-0.15, -0.1) is 23.7 Å². The molecule has 1 aliphatic carbocycles. The van der Waals surface area contributed by atoms with Gasteiger partial charge in [0.2, 0.25) is 0 Å². The largest absolute Gasteiger partial charge is 0.491 e. The maximum Gasteiger partial charge on any atom is 0.165 e. The molecule has 1 saturated heterocycles. The average molecular weight is 412 g/mol. The van der Waals surface area contributed by atoms with Gasteiger partial charge in [0.15, 0.2) is 11.6 Å². The Morgan fingerprint density at radius 1 is 1.33 bits per heavy atom. The van der Waals surface area contributed by atoms with Gasteiger partial charge in [-0.1, -0.05) is 6.07 Å². The van der Waals surface area contributed by atoms with Crippen LogP contribution in [-0.2, 0) is 13.1 Å². The first-order valence-corrected chi connectivity index (χ1v) is 10.3. The Morgan fingerprint density at radius 3 is 2.81 bits per heavy atom. The highest BCUT2D eigenvalue weighted by Crippen LogP contribution is 2.56. The molecule has 1 aromatic heterocycles. The van der Waals surface area contributed by atoms with Gasteiger partial charge >= 0.3 is 0 Å². The number of ether oxygens (including phenoxy) is 1. The lowest BCUT2D eigenvalue weighted by Crippen LogP contribution is -2.35. The van der Waals surface area contributed by atoms with Gasteiger partial charge in [-0.25, -0.2) is 9.37 Å². The third-order valence-electron chi connectivity index (χ3n) is 5.69. The fourth-order valence-corrected chi connectivity index (χ4v) is 4.88. The van der Waals surface area contributed by atoms with Gasteiger partial charge in [0, 0.05) is 24.2 Å². The number of halogens is 2. The second-order valence-corrected chi connectivity index (χ2v) is 8.34. The summed E-state index contributed by atoms with van der Waals surface area (Å²) in [7, 11) is 0. The highest BCUT2D eigenvalue weighted by Gasteiger charge is 2.56. The van der Waals surface area contributed by atoms with E-state index >= 15 is 0 Å². The molecule has 4 rings (SSSR count). The summed E-state index contributed by atoms with van der Waals surface area (Å²) in [6.07, 6.45) is 5.59. The Labute approximate surface area is 170 Å². The summed E-state index contributed by atoms with van der Waals surface area (Å²) in [5.74, 6) is 0.0647. The number of thiazole rings is 1. The fraction of sp³-hybridized carbons (Fsp3) is 0.550. The minimum absolute atomic E-state index is 0. The highest BCUT2D eigenvalue weighted by molar-refractivity contribution is 7.09. The van der Waals surface area contributed by atoms with Gasteiger partial charge in [0.05, 0.1) is 13.2 Å². The SMILES string of the molecule is CCOc1ccc(CN(Cc2nccs2)C2CC23CCNCC3)cc1F.Cl. The number of hydrogen-bond acceptors (Lipinski definition) is 5. The van der Waals surface area contributed by atoms with Crippen LogP contribution >= 0.6 is 23.7 Å². The lowest BCUT2D eigenvalue weighted by molar-refractivity contribution is 0.187. The molecule has 1 N–H and O–H groups in total. The zero-order valence-electron chi connectivity index (χ0n) is 15.6. The molecule has 1 spiro atoms. The molecule has 1 unspecified atom stereocenters. The number of rotatable bonds is 7. The summed E-state index contributed by atoms with van der Waals surface area (Å²) < 4.78 is 19.6. The monoisotopic (exact) mass is 411 g/mol. The quantitative estimate of drug-likeness (QED) is 0.739.